The number of hydrogen-bond donors (Lipinski definition) is 2. The quantitative estimate of drug-likeness (QED) is 0.500. The number of aryl methyl sites for hydroxylation is 1. The van der Waals surface area contributed by atoms with Crippen molar-refractivity contribution in [2.75, 3.05) is 6.26 Å². The number of thioether (sulfide) groups is 1. The number of benzene rings is 1. The molecule has 1 aromatic heterocycles. The molecule has 0 fully saturated rings. The molecule has 0 amide bonds. The van der Waals surface area contributed by atoms with Gasteiger partial charge < -0.3 is 10.3 Å². The normalized spacial score (nSPS) is 10.6. The molecule has 3 N–H and O–H groups in total. The van der Waals surface area contributed by atoms with Crippen LogP contribution in [0.25, 0.3) is 5.69 Å². The van der Waals surface area contributed by atoms with Gasteiger partial charge in [0, 0.05) is 23.7 Å². The summed E-state index contributed by atoms with van der Waals surface area (Å²) in [6, 6.07) is 5.96. The Kier molecular flexibility index (Phi) is 4.27. The third-order valence-corrected chi connectivity index (χ3v) is 3.72. The van der Waals surface area contributed by atoms with Gasteiger partial charge in [0.1, 0.15) is 11.7 Å². The van der Waals surface area contributed by atoms with E-state index in [1.165, 1.54) is 0 Å². The first-order chi connectivity index (χ1) is 9.19. The highest BCUT2D eigenvalue weighted by atomic mass is 32.2. The van der Waals surface area contributed by atoms with E-state index in [-0.39, 0.29) is 5.84 Å². The minimum atomic E-state index is 0.0936. The Morgan fingerprint density at radius 2 is 2.26 bits per heavy atom. The number of nitrogens with one attached hydrogen (secondary N) is 1. The summed E-state index contributed by atoms with van der Waals surface area (Å²) in [5.74, 6) is 1.10. The van der Waals surface area contributed by atoms with Crippen LogP contribution in [0.3, 0.4) is 0 Å². The van der Waals surface area contributed by atoms with Crippen molar-refractivity contribution in [3.8, 4) is 5.69 Å². The van der Waals surface area contributed by atoms with Gasteiger partial charge in [0.15, 0.2) is 0 Å². The molecular formula is C14H18N4S. The molecule has 19 heavy (non-hydrogen) atoms. The third-order valence-electron chi connectivity index (χ3n) is 2.94. The SMILES string of the molecule is CCCc1nccn1-c1cccc(SC)c1C(=N)N. The van der Waals surface area contributed by atoms with Crippen molar-refractivity contribution in [3.05, 3.63) is 42.0 Å². The smallest absolute Gasteiger partial charge is 0.126 e. The Morgan fingerprint density at radius 1 is 1.47 bits per heavy atom. The predicted molar refractivity (Wildman–Crippen MR) is 80.4 cm³/mol. The first-order valence-electron chi connectivity index (χ1n) is 6.23. The predicted octanol–water partition coefficient (Wildman–Crippen LogP) is 2.83. The van der Waals surface area contributed by atoms with Crippen LogP contribution in [-0.2, 0) is 6.42 Å². The zero-order valence-corrected chi connectivity index (χ0v) is 12.0. The Morgan fingerprint density at radius 3 is 2.89 bits per heavy atom. The molecule has 0 saturated heterocycles. The van der Waals surface area contributed by atoms with E-state index in [1.54, 1.807) is 18.0 Å². The summed E-state index contributed by atoms with van der Waals surface area (Å²) < 4.78 is 2.03. The number of rotatable bonds is 5. The van der Waals surface area contributed by atoms with Crippen LogP contribution in [0.4, 0.5) is 0 Å². The van der Waals surface area contributed by atoms with Crippen molar-refractivity contribution in [2.45, 2.75) is 24.7 Å². The molecule has 4 nitrogen and oxygen atoms in total. The van der Waals surface area contributed by atoms with Crippen molar-refractivity contribution < 1.29 is 0 Å². The lowest BCUT2D eigenvalue weighted by Crippen LogP contribution is -2.16. The average Bonchev–Trinajstić information content (AvgIpc) is 2.86. The van der Waals surface area contributed by atoms with Crippen LogP contribution in [0.2, 0.25) is 0 Å². The summed E-state index contributed by atoms with van der Waals surface area (Å²) in [6.07, 6.45) is 7.66. The van der Waals surface area contributed by atoms with Gasteiger partial charge in [-0.1, -0.05) is 13.0 Å². The van der Waals surface area contributed by atoms with E-state index >= 15 is 0 Å². The molecule has 0 aliphatic rings. The van der Waals surface area contributed by atoms with E-state index in [1.807, 2.05) is 35.2 Å². The summed E-state index contributed by atoms with van der Waals surface area (Å²) >= 11 is 1.60. The van der Waals surface area contributed by atoms with Crippen LogP contribution < -0.4 is 5.73 Å². The summed E-state index contributed by atoms with van der Waals surface area (Å²) in [5, 5.41) is 7.83. The van der Waals surface area contributed by atoms with E-state index in [4.69, 9.17) is 11.1 Å². The van der Waals surface area contributed by atoms with Gasteiger partial charge in [0.2, 0.25) is 0 Å². The second kappa shape index (κ2) is 5.93. The van der Waals surface area contributed by atoms with E-state index in [9.17, 15) is 0 Å². The molecule has 0 aliphatic heterocycles. The van der Waals surface area contributed by atoms with Crippen molar-refractivity contribution in [3.63, 3.8) is 0 Å². The van der Waals surface area contributed by atoms with Crippen LogP contribution in [0.15, 0.2) is 35.5 Å². The molecule has 2 aromatic rings. The van der Waals surface area contributed by atoms with Gasteiger partial charge in [-0.05, 0) is 24.8 Å². The Labute approximate surface area is 117 Å². The molecule has 0 radical (unpaired) electrons. The van der Waals surface area contributed by atoms with Gasteiger partial charge >= 0.3 is 0 Å². The van der Waals surface area contributed by atoms with E-state index in [2.05, 4.69) is 11.9 Å². The molecule has 0 atom stereocenters. The lowest BCUT2D eigenvalue weighted by atomic mass is 10.1. The molecule has 0 bridgehead atoms. The second-order valence-electron chi connectivity index (χ2n) is 4.23. The first-order valence-corrected chi connectivity index (χ1v) is 7.45. The monoisotopic (exact) mass is 274 g/mol. The molecule has 0 unspecified atom stereocenters. The number of aromatic nitrogens is 2. The van der Waals surface area contributed by atoms with Gasteiger partial charge in [0.25, 0.3) is 0 Å². The maximum absolute atomic E-state index is 7.83. The number of nitrogens with two attached hydrogens (primary N) is 1. The minimum absolute atomic E-state index is 0.0936. The molecule has 2 rings (SSSR count). The maximum Gasteiger partial charge on any atom is 0.126 e. The minimum Gasteiger partial charge on any atom is -0.384 e. The maximum atomic E-state index is 7.83. The molecule has 1 heterocycles. The number of nitrogen functional groups attached to an aromatic ring is 1. The van der Waals surface area contributed by atoms with Gasteiger partial charge in [-0.2, -0.15) is 0 Å². The largest absolute Gasteiger partial charge is 0.384 e. The Hall–Kier alpha value is -1.75. The molecule has 100 valence electrons. The van der Waals surface area contributed by atoms with Gasteiger partial charge in [-0.25, -0.2) is 4.98 Å². The lowest BCUT2D eigenvalue weighted by Gasteiger charge is -2.15. The standard InChI is InChI=1S/C14H18N4S/c1-3-5-12-17-8-9-18(12)10-6-4-7-11(19-2)13(10)14(15)16/h4,6-9H,3,5H2,1-2H3,(H3,15,16). The summed E-state index contributed by atoms with van der Waals surface area (Å²) in [6.45, 7) is 2.13. The van der Waals surface area contributed by atoms with Crippen LogP contribution in [0.1, 0.15) is 24.7 Å². The van der Waals surface area contributed by atoms with Crippen molar-refractivity contribution in [1.29, 1.82) is 5.41 Å². The number of amidine groups is 1. The van der Waals surface area contributed by atoms with Crippen LogP contribution in [0.5, 0.6) is 0 Å². The van der Waals surface area contributed by atoms with Gasteiger partial charge in [0.05, 0.1) is 11.3 Å². The van der Waals surface area contributed by atoms with Crippen LogP contribution in [0, 0.1) is 5.41 Å². The lowest BCUT2D eigenvalue weighted by molar-refractivity contribution is 0.807. The van der Waals surface area contributed by atoms with E-state index in [0.717, 1.165) is 34.8 Å². The zero-order chi connectivity index (χ0) is 13.8. The average molecular weight is 274 g/mol. The fraction of sp³-hybridized carbons (Fsp3) is 0.286. The fourth-order valence-electron chi connectivity index (χ4n) is 2.12. The topological polar surface area (TPSA) is 67.7 Å². The fourth-order valence-corrected chi connectivity index (χ4v) is 2.76. The van der Waals surface area contributed by atoms with E-state index in [0.29, 0.717) is 0 Å². The van der Waals surface area contributed by atoms with Gasteiger partial charge in [-0.15, -0.1) is 11.8 Å². The highest BCUT2D eigenvalue weighted by molar-refractivity contribution is 7.98. The highest BCUT2D eigenvalue weighted by Gasteiger charge is 2.14. The second-order valence-corrected chi connectivity index (χ2v) is 5.08. The molecule has 0 spiro atoms. The molecule has 5 heteroatoms. The molecule has 1 aromatic carbocycles. The molecule has 0 aliphatic carbocycles. The van der Waals surface area contributed by atoms with Crippen molar-refractivity contribution >= 4 is 17.6 Å². The summed E-state index contributed by atoms with van der Waals surface area (Å²) in [7, 11) is 0. The van der Waals surface area contributed by atoms with Crippen LogP contribution >= 0.6 is 11.8 Å². The first kappa shape index (κ1) is 13.7. The van der Waals surface area contributed by atoms with Crippen LogP contribution in [-0.4, -0.2) is 21.6 Å². The van der Waals surface area contributed by atoms with Gasteiger partial charge in [-0.3, -0.25) is 5.41 Å². The number of hydrogen-bond acceptors (Lipinski definition) is 3. The van der Waals surface area contributed by atoms with Crippen molar-refractivity contribution in [1.82, 2.24) is 9.55 Å². The third kappa shape index (κ3) is 2.66. The highest BCUT2D eigenvalue weighted by Crippen LogP contribution is 2.26. The Bertz CT molecular complexity index is 589. The summed E-state index contributed by atoms with van der Waals surface area (Å²) in [4.78, 5) is 5.40. The number of imidazole rings is 1. The van der Waals surface area contributed by atoms with Crippen molar-refractivity contribution in [2.24, 2.45) is 5.73 Å². The zero-order valence-electron chi connectivity index (χ0n) is 11.2. The molecule has 0 saturated carbocycles. The Balaban J connectivity index is 2.61. The molecular weight excluding hydrogens is 256 g/mol. The van der Waals surface area contributed by atoms with E-state index < -0.39 is 0 Å². The summed E-state index contributed by atoms with van der Waals surface area (Å²) in [5.41, 5.74) is 7.47. The number of nitrogens with zero attached hydrogens (tertiary/aromatic N) is 2.